The van der Waals surface area contributed by atoms with Gasteiger partial charge in [-0.05, 0) is 25.8 Å². The molecule has 1 aliphatic rings. The number of thiazole rings is 1. The van der Waals surface area contributed by atoms with E-state index in [0.29, 0.717) is 12.0 Å². The third-order valence-electron chi connectivity index (χ3n) is 3.58. The van der Waals surface area contributed by atoms with Gasteiger partial charge in [0.05, 0.1) is 18.4 Å². The molecule has 0 amide bonds. The first-order valence-corrected chi connectivity index (χ1v) is 8.45. The van der Waals surface area contributed by atoms with Gasteiger partial charge in [-0.1, -0.05) is 20.8 Å². The number of hydrogen-bond donors (Lipinski definition) is 1. The molecule has 0 saturated carbocycles. The first-order valence-electron chi connectivity index (χ1n) is 7.63. The van der Waals surface area contributed by atoms with Crippen molar-refractivity contribution in [2.45, 2.75) is 46.8 Å². The molecule has 0 radical (unpaired) electrons. The fourth-order valence-electron chi connectivity index (χ4n) is 2.33. The number of rotatable bonds is 6. The molecule has 114 valence electrons. The monoisotopic (exact) mass is 297 g/mol. The number of morpholine rings is 1. The van der Waals surface area contributed by atoms with Gasteiger partial charge >= 0.3 is 0 Å². The van der Waals surface area contributed by atoms with Crippen molar-refractivity contribution in [3.05, 3.63) is 10.6 Å². The highest BCUT2D eigenvalue weighted by molar-refractivity contribution is 7.15. The minimum Gasteiger partial charge on any atom is -0.375 e. The summed E-state index contributed by atoms with van der Waals surface area (Å²) in [5.41, 5.74) is 1.17. The molecule has 4 nitrogen and oxygen atoms in total. The molecule has 0 aromatic carbocycles. The Morgan fingerprint density at radius 3 is 3.00 bits per heavy atom. The SMILES string of the molecule is CCC1CN(c2nc(C)c(CNCC(C)C)s2)CCO1. The van der Waals surface area contributed by atoms with Crippen molar-refractivity contribution in [3.63, 3.8) is 0 Å². The van der Waals surface area contributed by atoms with Crippen LogP contribution in [0.15, 0.2) is 0 Å². The van der Waals surface area contributed by atoms with Crippen molar-refractivity contribution >= 4 is 16.5 Å². The molecule has 1 unspecified atom stereocenters. The number of nitrogens with zero attached hydrogens (tertiary/aromatic N) is 2. The average Bonchev–Trinajstić information content (AvgIpc) is 2.80. The topological polar surface area (TPSA) is 37.4 Å². The summed E-state index contributed by atoms with van der Waals surface area (Å²) in [5, 5.41) is 4.66. The van der Waals surface area contributed by atoms with Crippen LogP contribution in [0.1, 0.15) is 37.8 Å². The Hall–Kier alpha value is -0.650. The first-order chi connectivity index (χ1) is 9.60. The largest absolute Gasteiger partial charge is 0.375 e. The maximum Gasteiger partial charge on any atom is 0.185 e. The molecular weight excluding hydrogens is 270 g/mol. The van der Waals surface area contributed by atoms with Crippen molar-refractivity contribution in [1.29, 1.82) is 0 Å². The normalized spacial score (nSPS) is 19.9. The summed E-state index contributed by atoms with van der Waals surface area (Å²) in [6.07, 6.45) is 1.43. The van der Waals surface area contributed by atoms with E-state index < -0.39 is 0 Å². The van der Waals surface area contributed by atoms with E-state index in [9.17, 15) is 0 Å². The zero-order valence-corrected chi connectivity index (χ0v) is 13.9. The second kappa shape index (κ2) is 7.38. The molecule has 1 saturated heterocycles. The van der Waals surface area contributed by atoms with E-state index in [2.05, 4.69) is 37.9 Å². The molecule has 1 N–H and O–H groups in total. The van der Waals surface area contributed by atoms with Crippen molar-refractivity contribution in [2.24, 2.45) is 5.92 Å². The Morgan fingerprint density at radius 2 is 2.30 bits per heavy atom. The van der Waals surface area contributed by atoms with E-state index >= 15 is 0 Å². The lowest BCUT2D eigenvalue weighted by Gasteiger charge is -2.32. The molecule has 1 aliphatic heterocycles. The predicted octanol–water partition coefficient (Wildman–Crippen LogP) is 2.81. The third-order valence-corrected chi connectivity index (χ3v) is 4.80. The number of anilines is 1. The molecule has 0 aliphatic carbocycles. The summed E-state index contributed by atoms with van der Waals surface area (Å²) in [7, 11) is 0. The predicted molar refractivity (Wildman–Crippen MR) is 85.6 cm³/mol. The number of nitrogens with one attached hydrogen (secondary N) is 1. The molecule has 1 atom stereocenters. The van der Waals surface area contributed by atoms with Crippen LogP contribution in [0.3, 0.4) is 0 Å². The van der Waals surface area contributed by atoms with E-state index in [4.69, 9.17) is 9.72 Å². The Bertz CT molecular complexity index is 419. The molecule has 2 rings (SSSR count). The Labute approximate surface area is 126 Å². The highest BCUT2D eigenvalue weighted by Crippen LogP contribution is 2.27. The second-order valence-corrected chi connectivity index (χ2v) is 6.94. The molecule has 0 bridgehead atoms. The lowest BCUT2D eigenvalue weighted by molar-refractivity contribution is 0.0384. The van der Waals surface area contributed by atoms with E-state index in [1.54, 1.807) is 0 Å². The fraction of sp³-hybridized carbons (Fsp3) is 0.800. The zero-order chi connectivity index (χ0) is 14.5. The van der Waals surface area contributed by atoms with Crippen LogP contribution >= 0.6 is 11.3 Å². The van der Waals surface area contributed by atoms with Crippen LogP contribution in [0, 0.1) is 12.8 Å². The van der Waals surface area contributed by atoms with Crippen LogP contribution in [-0.4, -0.2) is 37.3 Å². The van der Waals surface area contributed by atoms with Crippen molar-refractivity contribution in [2.75, 3.05) is 31.1 Å². The van der Waals surface area contributed by atoms with Crippen LogP contribution in [0.2, 0.25) is 0 Å². The molecular formula is C15H27N3OS. The Balaban J connectivity index is 1.95. The highest BCUT2D eigenvalue weighted by Gasteiger charge is 2.22. The maximum atomic E-state index is 5.73. The summed E-state index contributed by atoms with van der Waals surface area (Å²) in [4.78, 5) is 8.49. The van der Waals surface area contributed by atoms with Gasteiger partial charge in [0.25, 0.3) is 0 Å². The van der Waals surface area contributed by atoms with Gasteiger partial charge in [-0.2, -0.15) is 0 Å². The van der Waals surface area contributed by atoms with Gasteiger partial charge in [0, 0.05) is 24.5 Å². The standard InChI is InChI=1S/C15H27N3OS/c1-5-13-10-18(6-7-19-13)15-17-12(4)14(20-15)9-16-8-11(2)3/h11,13,16H,5-10H2,1-4H3. The summed E-state index contributed by atoms with van der Waals surface area (Å²) < 4.78 is 5.73. The maximum absolute atomic E-state index is 5.73. The summed E-state index contributed by atoms with van der Waals surface area (Å²) >= 11 is 1.83. The minimum atomic E-state index is 0.357. The molecule has 2 heterocycles. The van der Waals surface area contributed by atoms with E-state index in [0.717, 1.165) is 44.3 Å². The number of ether oxygens (including phenoxy) is 1. The first kappa shape index (κ1) is 15.7. The molecule has 20 heavy (non-hydrogen) atoms. The Kier molecular flexibility index (Phi) is 5.81. The van der Waals surface area contributed by atoms with Crippen molar-refractivity contribution in [3.8, 4) is 0 Å². The number of aryl methyl sites for hydroxylation is 1. The molecule has 1 fully saturated rings. The quantitative estimate of drug-likeness (QED) is 0.876. The van der Waals surface area contributed by atoms with Gasteiger partial charge < -0.3 is 15.0 Å². The molecule has 1 aromatic heterocycles. The van der Waals surface area contributed by atoms with Gasteiger partial charge in [-0.15, -0.1) is 11.3 Å². The lowest BCUT2D eigenvalue weighted by atomic mass is 10.2. The zero-order valence-electron chi connectivity index (χ0n) is 13.1. The molecule has 0 spiro atoms. The van der Waals surface area contributed by atoms with Crippen molar-refractivity contribution in [1.82, 2.24) is 10.3 Å². The average molecular weight is 297 g/mol. The lowest BCUT2D eigenvalue weighted by Crippen LogP contribution is -2.42. The van der Waals surface area contributed by atoms with Crippen LogP contribution in [-0.2, 0) is 11.3 Å². The van der Waals surface area contributed by atoms with Crippen LogP contribution in [0.25, 0.3) is 0 Å². The second-order valence-electron chi connectivity index (χ2n) is 5.88. The van der Waals surface area contributed by atoms with E-state index in [1.807, 2.05) is 11.3 Å². The fourth-order valence-corrected chi connectivity index (χ4v) is 3.39. The van der Waals surface area contributed by atoms with Gasteiger partial charge in [0.2, 0.25) is 0 Å². The molecule has 5 heteroatoms. The highest BCUT2D eigenvalue weighted by atomic mass is 32.1. The smallest absolute Gasteiger partial charge is 0.185 e. The van der Waals surface area contributed by atoms with E-state index in [-0.39, 0.29) is 0 Å². The third kappa shape index (κ3) is 4.17. The summed E-state index contributed by atoms with van der Waals surface area (Å²) in [5.74, 6) is 0.687. The van der Waals surface area contributed by atoms with Gasteiger partial charge in [-0.25, -0.2) is 4.98 Å². The van der Waals surface area contributed by atoms with Crippen LogP contribution in [0.5, 0.6) is 0 Å². The van der Waals surface area contributed by atoms with Gasteiger partial charge in [0.15, 0.2) is 5.13 Å². The Morgan fingerprint density at radius 1 is 1.50 bits per heavy atom. The van der Waals surface area contributed by atoms with Gasteiger partial charge in [0.1, 0.15) is 0 Å². The van der Waals surface area contributed by atoms with Crippen LogP contribution < -0.4 is 10.2 Å². The number of hydrogen-bond acceptors (Lipinski definition) is 5. The number of aromatic nitrogens is 1. The van der Waals surface area contributed by atoms with E-state index in [1.165, 1.54) is 10.6 Å². The molecule has 1 aromatic rings. The summed E-state index contributed by atoms with van der Waals surface area (Å²) in [6, 6.07) is 0. The van der Waals surface area contributed by atoms with Gasteiger partial charge in [-0.3, -0.25) is 0 Å². The summed E-state index contributed by atoms with van der Waals surface area (Å²) in [6.45, 7) is 13.5. The minimum absolute atomic E-state index is 0.357. The van der Waals surface area contributed by atoms with Crippen LogP contribution in [0.4, 0.5) is 5.13 Å². The van der Waals surface area contributed by atoms with Crippen molar-refractivity contribution < 1.29 is 4.74 Å².